The molecule has 0 aliphatic heterocycles. The van der Waals surface area contributed by atoms with Gasteiger partial charge in [0.25, 0.3) is 11.5 Å². The van der Waals surface area contributed by atoms with Gasteiger partial charge in [-0.05, 0) is 24.6 Å². The second-order valence-corrected chi connectivity index (χ2v) is 7.49. The van der Waals surface area contributed by atoms with E-state index < -0.39 is 0 Å². The Kier molecular flexibility index (Phi) is 5.61. The van der Waals surface area contributed by atoms with Gasteiger partial charge in [-0.15, -0.1) is 0 Å². The standard InChI is InChI=1S/C23H25N5O2/c1-3-4-9-14-28-22(29)17-11-6-5-10-16(17)21(26-28)23(30)27(2)15-20-24-18-12-7-8-13-19(18)25-20/h5-8,10-13H,3-4,9,14-15H2,1-2H3,(H,24,25). The Balaban J connectivity index is 1.67. The first-order valence-electron chi connectivity index (χ1n) is 10.3. The molecular formula is C23H25N5O2. The summed E-state index contributed by atoms with van der Waals surface area (Å²) >= 11 is 0. The molecular weight excluding hydrogens is 378 g/mol. The number of hydrogen-bond donors (Lipinski definition) is 1. The minimum absolute atomic E-state index is 0.154. The quantitative estimate of drug-likeness (QED) is 0.477. The topological polar surface area (TPSA) is 83.9 Å². The molecule has 0 unspecified atom stereocenters. The van der Waals surface area contributed by atoms with E-state index in [0.29, 0.717) is 35.4 Å². The van der Waals surface area contributed by atoms with E-state index in [-0.39, 0.29) is 11.5 Å². The normalized spacial score (nSPS) is 11.3. The molecule has 154 valence electrons. The van der Waals surface area contributed by atoms with Crippen molar-refractivity contribution in [1.29, 1.82) is 0 Å². The van der Waals surface area contributed by atoms with Crippen molar-refractivity contribution in [2.45, 2.75) is 39.3 Å². The van der Waals surface area contributed by atoms with Crippen molar-refractivity contribution >= 4 is 27.7 Å². The summed E-state index contributed by atoms with van der Waals surface area (Å²) in [6.07, 6.45) is 2.91. The van der Waals surface area contributed by atoms with Crippen LogP contribution < -0.4 is 5.56 Å². The van der Waals surface area contributed by atoms with Crippen molar-refractivity contribution in [3.05, 3.63) is 70.4 Å². The summed E-state index contributed by atoms with van der Waals surface area (Å²) < 4.78 is 1.43. The summed E-state index contributed by atoms with van der Waals surface area (Å²) in [5, 5.41) is 5.56. The molecule has 0 atom stereocenters. The van der Waals surface area contributed by atoms with Crippen LogP contribution >= 0.6 is 0 Å². The molecule has 0 aliphatic carbocycles. The number of aryl methyl sites for hydroxylation is 1. The van der Waals surface area contributed by atoms with E-state index in [1.165, 1.54) is 4.68 Å². The van der Waals surface area contributed by atoms with Crippen LogP contribution in [0, 0.1) is 0 Å². The van der Waals surface area contributed by atoms with Crippen molar-refractivity contribution in [1.82, 2.24) is 24.6 Å². The van der Waals surface area contributed by atoms with E-state index in [4.69, 9.17) is 0 Å². The van der Waals surface area contributed by atoms with Crippen LogP contribution in [-0.4, -0.2) is 37.6 Å². The Labute approximate surface area is 174 Å². The van der Waals surface area contributed by atoms with Gasteiger partial charge in [0, 0.05) is 19.0 Å². The number of imidazole rings is 1. The second kappa shape index (κ2) is 8.49. The van der Waals surface area contributed by atoms with E-state index >= 15 is 0 Å². The first-order valence-corrected chi connectivity index (χ1v) is 10.3. The number of para-hydroxylation sites is 2. The molecule has 2 heterocycles. The average molecular weight is 403 g/mol. The number of H-pyrrole nitrogens is 1. The number of hydrogen-bond acceptors (Lipinski definition) is 4. The Hall–Kier alpha value is -3.48. The molecule has 0 saturated carbocycles. The first kappa shape index (κ1) is 19.8. The highest BCUT2D eigenvalue weighted by atomic mass is 16.2. The van der Waals surface area contributed by atoms with E-state index in [2.05, 4.69) is 22.0 Å². The molecule has 4 aromatic rings. The monoisotopic (exact) mass is 403 g/mol. The van der Waals surface area contributed by atoms with Gasteiger partial charge < -0.3 is 9.88 Å². The van der Waals surface area contributed by atoms with E-state index in [1.54, 1.807) is 24.1 Å². The summed E-state index contributed by atoms with van der Waals surface area (Å²) in [7, 11) is 1.72. The van der Waals surface area contributed by atoms with Crippen LogP contribution in [0.25, 0.3) is 21.8 Å². The Bertz CT molecular complexity index is 1220. The molecule has 0 bridgehead atoms. The third-order valence-corrected chi connectivity index (χ3v) is 5.22. The number of unbranched alkanes of at least 4 members (excludes halogenated alkanes) is 2. The lowest BCUT2D eigenvalue weighted by Gasteiger charge is -2.17. The van der Waals surface area contributed by atoms with Crippen molar-refractivity contribution in [3.8, 4) is 0 Å². The van der Waals surface area contributed by atoms with Crippen molar-refractivity contribution < 1.29 is 4.79 Å². The number of benzene rings is 2. The number of nitrogens with zero attached hydrogens (tertiary/aromatic N) is 4. The fourth-order valence-corrected chi connectivity index (χ4v) is 3.61. The molecule has 0 radical (unpaired) electrons. The lowest BCUT2D eigenvalue weighted by molar-refractivity contribution is 0.0775. The third kappa shape index (κ3) is 3.83. The summed E-state index contributed by atoms with van der Waals surface area (Å²) in [6, 6.07) is 14.9. The molecule has 1 N–H and O–H groups in total. The summed E-state index contributed by atoms with van der Waals surface area (Å²) in [6.45, 7) is 2.93. The number of carbonyl (C=O) groups excluding carboxylic acids is 1. The van der Waals surface area contributed by atoms with Crippen molar-refractivity contribution in [2.24, 2.45) is 0 Å². The zero-order chi connectivity index (χ0) is 21.1. The zero-order valence-electron chi connectivity index (χ0n) is 17.3. The molecule has 0 saturated heterocycles. The molecule has 0 fully saturated rings. The largest absolute Gasteiger partial charge is 0.340 e. The number of carbonyl (C=O) groups is 1. The lowest BCUT2D eigenvalue weighted by Crippen LogP contribution is -2.32. The molecule has 2 aromatic heterocycles. The molecule has 1 amide bonds. The van der Waals surface area contributed by atoms with Gasteiger partial charge in [0.1, 0.15) is 5.82 Å². The molecule has 0 spiro atoms. The molecule has 7 heteroatoms. The van der Waals surface area contributed by atoms with Gasteiger partial charge in [-0.1, -0.05) is 50.1 Å². The van der Waals surface area contributed by atoms with Gasteiger partial charge >= 0.3 is 0 Å². The lowest BCUT2D eigenvalue weighted by atomic mass is 10.1. The van der Waals surface area contributed by atoms with Crippen LogP contribution in [0.3, 0.4) is 0 Å². The zero-order valence-corrected chi connectivity index (χ0v) is 17.3. The Morgan fingerprint density at radius 3 is 2.57 bits per heavy atom. The number of rotatable bonds is 7. The highest BCUT2D eigenvalue weighted by molar-refractivity contribution is 6.04. The van der Waals surface area contributed by atoms with Gasteiger partial charge in [0.05, 0.1) is 23.0 Å². The molecule has 2 aromatic carbocycles. The number of fused-ring (bicyclic) bond motifs is 2. The minimum Gasteiger partial charge on any atom is -0.340 e. The number of nitrogens with one attached hydrogen (secondary N) is 1. The maximum absolute atomic E-state index is 13.3. The fraction of sp³-hybridized carbons (Fsp3) is 0.304. The average Bonchev–Trinajstić information content (AvgIpc) is 3.17. The maximum Gasteiger partial charge on any atom is 0.275 e. The molecule has 7 nitrogen and oxygen atoms in total. The van der Waals surface area contributed by atoms with Crippen molar-refractivity contribution in [2.75, 3.05) is 7.05 Å². The van der Waals surface area contributed by atoms with Gasteiger partial charge in [0.2, 0.25) is 0 Å². The van der Waals surface area contributed by atoms with E-state index in [1.807, 2.05) is 36.4 Å². The molecule has 30 heavy (non-hydrogen) atoms. The highest BCUT2D eigenvalue weighted by Gasteiger charge is 2.21. The number of aromatic nitrogens is 4. The number of aromatic amines is 1. The van der Waals surface area contributed by atoms with E-state index in [0.717, 1.165) is 30.3 Å². The smallest absolute Gasteiger partial charge is 0.275 e. The van der Waals surface area contributed by atoms with Crippen LogP contribution in [0.5, 0.6) is 0 Å². The second-order valence-electron chi connectivity index (χ2n) is 7.49. The predicted molar refractivity (Wildman–Crippen MR) is 117 cm³/mol. The summed E-state index contributed by atoms with van der Waals surface area (Å²) in [4.78, 5) is 35.5. The number of amides is 1. The van der Waals surface area contributed by atoms with Crippen LogP contribution in [-0.2, 0) is 13.1 Å². The predicted octanol–water partition coefficient (Wildman–Crippen LogP) is 3.74. The third-order valence-electron chi connectivity index (χ3n) is 5.22. The van der Waals surface area contributed by atoms with Gasteiger partial charge in [-0.2, -0.15) is 5.10 Å². The SMILES string of the molecule is CCCCCn1nc(C(=O)N(C)Cc2nc3ccccc3[nH]2)c2ccccc2c1=O. The summed E-state index contributed by atoms with van der Waals surface area (Å²) in [5.74, 6) is 0.462. The van der Waals surface area contributed by atoms with Gasteiger partial charge in [0.15, 0.2) is 5.69 Å². The highest BCUT2D eigenvalue weighted by Crippen LogP contribution is 2.17. The van der Waals surface area contributed by atoms with Crippen molar-refractivity contribution in [3.63, 3.8) is 0 Å². The Morgan fingerprint density at radius 1 is 1.07 bits per heavy atom. The van der Waals surface area contributed by atoms with Crippen LogP contribution in [0.4, 0.5) is 0 Å². The van der Waals surface area contributed by atoms with Crippen LogP contribution in [0.15, 0.2) is 53.3 Å². The molecule has 4 rings (SSSR count). The maximum atomic E-state index is 13.3. The molecule has 0 aliphatic rings. The van der Waals surface area contributed by atoms with Gasteiger partial charge in [-0.3, -0.25) is 9.59 Å². The van der Waals surface area contributed by atoms with Crippen LogP contribution in [0.1, 0.15) is 42.5 Å². The first-order chi connectivity index (χ1) is 14.6. The minimum atomic E-state index is -0.240. The Morgan fingerprint density at radius 2 is 1.80 bits per heavy atom. The fourth-order valence-electron chi connectivity index (χ4n) is 3.61. The van der Waals surface area contributed by atoms with Crippen LogP contribution in [0.2, 0.25) is 0 Å². The summed E-state index contributed by atoms with van der Waals surface area (Å²) in [5.41, 5.74) is 1.93. The van der Waals surface area contributed by atoms with Gasteiger partial charge in [-0.25, -0.2) is 9.67 Å². The van der Waals surface area contributed by atoms with E-state index in [9.17, 15) is 9.59 Å².